The van der Waals surface area contributed by atoms with Crippen molar-refractivity contribution in [2.75, 3.05) is 13.1 Å². The van der Waals surface area contributed by atoms with Gasteiger partial charge in [0.05, 0.1) is 0 Å². The predicted molar refractivity (Wildman–Crippen MR) is 78.4 cm³/mol. The van der Waals surface area contributed by atoms with E-state index in [0.29, 0.717) is 23.2 Å². The Hall–Kier alpha value is -1.18. The van der Waals surface area contributed by atoms with Gasteiger partial charge in [-0.2, -0.15) is 4.31 Å². The van der Waals surface area contributed by atoms with E-state index in [1.54, 1.807) is 16.6 Å². The quantitative estimate of drug-likeness (QED) is 0.946. The Morgan fingerprint density at radius 1 is 1.35 bits per heavy atom. The van der Waals surface area contributed by atoms with Crippen LogP contribution in [0.15, 0.2) is 28.7 Å². The molecule has 0 amide bonds. The minimum atomic E-state index is -3.31. The molecular formula is C13H17N3O2S2. The Kier molecular flexibility index (Phi) is 3.66. The summed E-state index contributed by atoms with van der Waals surface area (Å²) in [5.41, 5.74) is 0. The molecule has 0 aromatic carbocycles. The van der Waals surface area contributed by atoms with Crippen LogP contribution in [0.25, 0.3) is 0 Å². The lowest BCUT2D eigenvalue weighted by Gasteiger charge is -2.29. The van der Waals surface area contributed by atoms with Gasteiger partial charge < -0.3 is 4.98 Å². The largest absolute Gasteiger partial charge is 0.348 e. The molecule has 1 aliphatic rings. The maximum absolute atomic E-state index is 12.5. The first-order valence-corrected chi connectivity index (χ1v) is 8.89. The Labute approximate surface area is 122 Å². The van der Waals surface area contributed by atoms with Crippen molar-refractivity contribution in [3.05, 3.63) is 35.2 Å². The van der Waals surface area contributed by atoms with Crippen LogP contribution in [-0.4, -0.2) is 35.8 Å². The van der Waals surface area contributed by atoms with Gasteiger partial charge >= 0.3 is 0 Å². The van der Waals surface area contributed by atoms with Gasteiger partial charge in [0.2, 0.25) is 0 Å². The highest BCUT2D eigenvalue weighted by molar-refractivity contribution is 7.91. The lowest BCUT2D eigenvalue weighted by atomic mass is 9.98. The number of nitrogens with one attached hydrogen (secondary N) is 1. The van der Waals surface area contributed by atoms with Crippen molar-refractivity contribution in [3.63, 3.8) is 0 Å². The summed E-state index contributed by atoms with van der Waals surface area (Å²) in [5.74, 6) is 1.30. The van der Waals surface area contributed by atoms with Crippen molar-refractivity contribution in [3.8, 4) is 0 Å². The number of piperidine rings is 1. The van der Waals surface area contributed by atoms with Gasteiger partial charge in [0.1, 0.15) is 10.0 Å². The highest BCUT2D eigenvalue weighted by Gasteiger charge is 2.31. The fraction of sp³-hybridized carbons (Fsp3) is 0.462. The molecule has 0 bridgehead atoms. The SMILES string of the molecule is Cc1ccc(S(=O)(=O)N2CCC(c3ncc[nH]3)CC2)s1. The summed E-state index contributed by atoms with van der Waals surface area (Å²) < 4.78 is 27.1. The number of aryl methyl sites for hydroxylation is 1. The van der Waals surface area contributed by atoms with Crippen LogP contribution in [0.5, 0.6) is 0 Å². The van der Waals surface area contributed by atoms with Gasteiger partial charge in [0.15, 0.2) is 0 Å². The first kappa shape index (κ1) is 13.8. The zero-order valence-corrected chi connectivity index (χ0v) is 12.9. The van der Waals surface area contributed by atoms with Crippen LogP contribution in [0.4, 0.5) is 0 Å². The molecule has 0 saturated carbocycles. The fourth-order valence-electron chi connectivity index (χ4n) is 2.55. The fourth-order valence-corrected chi connectivity index (χ4v) is 5.46. The number of aromatic amines is 1. The summed E-state index contributed by atoms with van der Waals surface area (Å²) in [6.07, 6.45) is 5.19. The molecule has 0 spiro atoms. The standard InChI is InChI=1S/C13H17N3O2S2/c1-10-2-3-12(19-10)20(17,18)16-8-4-11(5-9-16)13-14-6-7-15-13/h2-3,6-7,11H,4-5,8-9H2,1H3,(H,14,15). The van der Waals surface area contributed by atoms with Crippen molar-refractivity contribution in [2.45, 2.75) is 29.9 Å². The van der Waals surface area contributed by atoms with Crippen LogP contribution in [0.3, 0.4) is 0 Å². The molecule has 108 valence electrons. The average Bonchev–Trinajstić information content (AvgIpc) is 3.10. The van der Waals surface area contributed by atoms with Gasteiger partial charge in [-0.25, -0.2) is 13.4 Å². The first-order valence-electron chi connectivity index (χ1n) is 6.63. The van der Waals surface area contributed by atoms with E-state index in [4.69, 9.17) is 0 Å². The molecular weight excluding hydrogens is 294 g/mol. The lowest BCUT2D eigenvalue weighted by Crippen LogP contribution is -2.37. The second-order valence-electron chi connectivity index (χ2n) is 5.02. The maximum atomic E-state index is 12.5. The summed E-state index contributed by atoms with van der Waals surface area (Å²) in [4.78, 5) is 8.41. The van der Waals surface area contributed by atoms with Gasteiger partial charge in [-0.3, -0.25) is 0 Å². The number of nitrogens with zero attached hydrogens (tertiary/aromatic N) is 2. The van der Waals surface area contributed by atoms with E-state index in [2.05, 4.69) is 9.97 Å². The maximum Gasteiger partial charge on any atom is 0.252 e. The van der Waals surface area contributed by atoms with E-state index in [1.165, 1.54) is 11.3 Å². The van der Waals surface area contributed by atoms with Crippen LogP contribution < -0.4 is 0 Å². The van der Waals surface area contributed by atoms with Crippen LogP contribution in [0, 0.1) is 6.92 Å². The van der Waals surface area contributed by atoms with Crippen LogP contribution in [-0.2, 0) is 10.0 Å². The molecule has 1 saturated heterocycles. The number of aromatic nitrogens is 2. The molecule has 3 heterocycles. The van der Waals surface area contributed by atoms with Crippen LogP contribution >= 0.6 is 11.3 Å². The normalized spacial score (nSPS) is 18.4. The molecule has 0 radical (unpaired) electrons. The number of sulfonamides is 1. The van der Waals surface area contributed by atoms with Crippen LogP contribution in [0.2, 0.25) is 0 Å². The number of hydrogen-bond donors (Lipinski definition) is 1. The van der Waals surface area contributed by atoms with Crippen molar-refractivity contribution in [1.29, 1.82) is 0 Å². The molecule has 2 aromatic rings. The summed E-state index contributed by atoms with van der Waals surface area (Å²) >= 11 is 1.34. The highest BCUT2D eigenvalue weighted by Crippen LogP contribution is 2.31. The Balaban J connectivity index is 1.72. The molecule has 5 nitrogen and oxygen atoms in total. The van der Waals surface area contributed by atoms with Crippen molar-refractivity contribution < 1.29 is 8.42 Å². The third-order valence-corrected chi connectivity index (χ3v) is 7.04. The van der Waals surface area contributed by atoms with Crippen molar-refractivity contribution in [1.82, 2.24) is 14.3 Å². The van der Waals surface area contributed by atoms with Gasteiger partial charge in [-0.15, -0.1) is 11.3 Å². The third-order valence-electron chi connectivity index (χ3n) is 3.67. The number of thiophene rings is 1. The molecule has 2 aromatic heterocycles. The number of H-pyrrole nitrogens is 1. The van der Waals surface area contributed by atoms with E-state index in [-0.39, 0.29) is 0 Å². The zero-order chi connectivity index (χ0) is 14.2. The molecule has 3 rings (SSSR count). The highest BCUT2D eigenvalue weighted by atomic mass is 32.2. The lowest BCUT2D eigenvalue weighted by molar-refractivity contribution is 0.315. The van der Waals surface area contributed by atoms with Crippen LogP contribution in [0.1, 0.15) is 29.5 Å². The second-order valence-corrected chi connectivity index (χ2v) is 8.47. The molecule has 1 fully saturated rings. The van der Waals surface area contributed by atoms with E-state index in [1.807, 2.05) is 19.2 Å². The average molecular weight is 311 g/mol. The van der Waals surface area contributed by atoms with E-state index in [9.17, 15) is 8.42 Å². The molecule has 7 heteroatoms. The molecule has 20 heavy (non-hydrogen) atoms. The van der Waals surface area contributed by atoms with Crippen molar-refractivity contribution in [2.24, 2.45) is 0 Å². The number of rotatable bonds is 3. The minimum absolute atomic E-state index is 0.335. The Bertz CT molecular complexity index is 668. The Morgan fingerprint density at radius 3 is 2.65 bits per heavy atom. The van der Waals surface area contributed by atoms with Gasteiger partial charge in [-0.05, 0) is 31.9 Å². The van der Waals surface area contributed by atoms with Crippen molar-refractivity contribution >= 4 is 21.4 Å². The second kappa shape index (κ2) is 5.31. The topological polar surface area (TPSA) is 66.1 Å². The minimum Gasteiger partial charge on any atom is -0.348 e. The monoisotopic (exact) mass is 311 g/mol. The molecule has 0 aliphatic carbocycles. The summed E-state index contributed by atoms with van der Waals surface area (Å²) in [6, 6.07) is 3.56. The van der Waals surface area contributed by atoms with E-state index in [0.717, 1.165) is 23.5 Å². The number of hydrogen-bond acceptors (Lipinski definition) is 4. The summed E-state index contributed by atoms with van der Waals surface area (Å²) in [7, 11) is -3.31. The first-order chi connectivity index (χ1) is 9.57. The number of imidazole rings is 1. The van der Waals surface area contributed by atoms with Gasteiger partial charge in [0.25, 0.3) is 10.0 Å². The van der Waals surface area contributed by atoms with Gasteiger partial charge in [-0.1, -0.05) is 0 Å². The molecule has 1 N–H and O–H groups in total. The predicted octanol–water partition coefficient (Wildman–Crippen LogP) is 2.35. The van der Waals surface area contributed by atoms with E-state index < -0.39 is 10.0 Å². The van der Waals surface area contributed by atoms with E-state index >= 15 is 0 Å². The smallest absolute Gasteiger partial charge is 0.252 e. The summed E-state index contributed by atoms with van der Waals surface area (Å²) in [6.45, 7) is 3.04. The zero-order valence-electron chi connectivity index (χ0n) is 11.2. The molecule has 1 aliphatic heterocycles. The summed E-state index contributed by atoms with van der Waals surface area (Å²) in [5, 5.41) is 0. The Morgan fingerprint density at radius 2 is 2.10 bits per heavy atom. The molecule has 0 atom stereocenters. The third kappa shape index (κ3) is 2.53. The van der Waals surface area contributed by atoms with Gasteiger partial charge in [0, 0.05) is 36.3 Å². The molecule has 0 unspecified atom stereocenters.